The molecule has 6 nitrogen and oxygen atoms in total. The maximum atomic E-state index is 12.8. The highest BCUT2D eigenvalue weighted by Gasteiger charge is 2.25. The molecule has 146 valence electrons. The van der Waals surface area contributed by atoms with Gasteiger partial charge in [-0.25, -0.2) is 8.42 Å². The highest BCUT2D eigenvalue weighted by Crippen LogP contribution is 2.28. The zero-order valence-electron chi connectivity index (χ0n) is 15.9. The molecule has 1 amide bonds. The van der Waals surface area contributed by atoms with Gasteiger partial charge in [0.05, 0.1) is 16.4 Å². The van der Waals surface area contributed by atoms with E-state index in [-0.39, 0.29) is 15.5 Å². The van der Waals surface area contributed by atoms with Gasteiger partial charge < -0.3 is 10.2 Å². The van der Waals surface area contributed by atoms with E-state index in [2.05, 4.69) is 5.32 Å². The Bertz CT molecular complexity index is 926. The van der Waals surface area contributed by atoms with Crippen molar-refractivity contribution in [3.05, 3.63) is 53.1 Å². The number of nitrogens with one attached hydrogen (secondary N) is 1. The molecule has 0 radical (unpaired) electrons. The Morgan fingerprint density at radius 1 is 1.07 bits per heavy atom. The molecule has 0 aliphatic heterocycles. The van der Waals surface area contributed by atoms with Crippen LogP contribution < -0.4 is 10.2 Å². The van der Waals surface area contributed by atoms with Crippen molar-refractivity contribution in [2.75, 3.05) is 37.4 Å². The second-order valence-corrected chi connectivity index (χ2v) is 8.41. The van der Waals surface area contributed by atoms with Crippen LogP contribution in [0.2, 0.25) is 5.02 Å². The van der Waals surface area contributed by atoms with Gasteiger partial charge in [-0.05, 0) is 30.3 Å². The largest absolute Gasteiger partial charge is 0.376 e. The van der Waals surface area contributed by atoms with Crippen molar-refractivity contribution in [3.8, 4) is 0 Å². The number of hydrogen-bond donors (Lipinski definition) is 1. The summed E-state index contributed by atoms with van der Waals surface area (Å²) in [6.07, 6.45) is 0. The molecule has 2 aromatic rings. The third kappa shape index (κ3) is 4.61. The lowest BCUT2D eigenvalue weighted by molar-refractivity contribution is 0.102. The number of rotatable bonds is 7. The van der Waals surface area contributed by atoms with E-state index in [0.717, 1.165) is 5.69 Å². The molecular weight excluding hydrogens is 386 g/mol. The van der Waals surface area contributed by atoms with Gasteiger partial charge in [0.15, 0.2) is 0 Å². The Balaban J connectivity index is 2.40. The van der Waals surface area contributed by atoms with Crippen molar-refractivity contribution in [1.29, 1.82) is 0 Å². The predicted molar refractivity (Wildman–Crippen MR) is 110 cm³/mol. The lowest BCUT2D eigenvalue weighted by Gasteiger charge is -2.20. The molecule has 2 rings (SSSR count). The molecular formula is C19H24ClN3O3S. The topological polar surface area (TPSA) is 69.7 Å². The Labute approximate surface area is 165 Å². The van der Waals surface area contributed by atoms with Gasteiger partial charge in [-0.2, -0.15) is 4.31 Å². The molecule has 0 saturated heterocycles. The van der Waals surface area contributed by atoms with Crippen LogP contribution in [0.15, 0.2) is 47.4 Å². The van der Waals surface area contributed by atoms with Crippen molar-refractivity contribution in [2.24, 2.45) is 0 Å². The lowest BCUT2D eigenvalue weighted by atomic mass is 10.2. The Morgan fingerprint density at radius 2 is 1.70 bits per heavy atom. The van der Waals surface area contributed by atoms with Crippen LogP contribution in [0, 0.1) is 0 Å². The highest BCUT2D eigenvalue weighted by molar-refractivity contribution is 7.89. The van der Waals surface area contributed by atoms with Crippen molar-refractivity contribution >= 4 is 38.9 Å². The molecule has 8 heteroatoms. The standard InChI is InChI=1S/C19H24ClN3O3S/c1-5-23(6-2)27(25,26)18-13-14(11-12-15(18)20)19(24)21-16-9-7-8-10-17(16)22(3)4/h7-13H,5-6H2,1-4H3,(H,21,24). The van der Waals surface area contributed by atoms with Crippen LogP contribution >= 0.6 is 11.6 Å². The van der Waals surface area contributed by atoms with Gasteiger partial charge in [-0.3, -0.25) is 4.79 Å². The molecule has 0 atom stereocenters. The van der Waals surface area contributed by atoms with Gasteiger partial charge in [0.2, 0.25) is 10.0 Å². The van der Waals surface area contributed by atoms with E-state index < -0.39 is 15.9 Å². The number of anilines is 2. The van der Waals surface area contributed by atoms with Gasteiger partial charge >= 0.3 is 0 Å². The third-order valence-corrected chi connectivity index (χ3v) is 6.68. The minimum Gasteiger partial charge on any atom is -0.376 e. The molecule has 0 aliphatic rings. The SMILES string of the molecule is CCN(CC)S(=O)(=O)c1cc(C(=O)Nc2ccccc2N(C)C)ccc1Cl. The summed E-state index contributed by atoms with van der Waals surface area (Å²) >= 11 is 6.13. The molecule has 0 aromatic heterocycles. The molecule has 0 unspecified atom stereocenters. The number of para-hydroxylation sites is 2. The smallest absolute Gasteiger partial charge is 0.255 e. The fraction of sp³-hybridized carbons (Fsp3) is 0.316. The number of carbonyl (C=O) groups excluding carboxylic acids is 1. The summed E-state index contributed by atoms with van der Waals surface area (Å²) in [6.45, 7) is 4.15. The molecule has 27 heavy (non-hydrogen) atoms. The molecule has 0 spiro atoms. The van der Waals surface area contributed by atoms with Crippen molar-refractivity contribution < 1.29 is 13.2 Å². The van der Waals surface area contributed by atoms with Crippen molar-refractivity contribution in [2.45, 2.75) is 18.7 Å². The second kappa shape index (κ2) is 8.73. The zero-order valence-corrected chi connectivity index (χ0v) is 17.4. The quantitative estimate of drug-likeness (QED) is 0.757. The number of hydrogen-bond acceptors (Lipinski definition) is 4. The van der Waals surface area contributed by atoms with Crippen LogP contribution in [0.4, 0.5) is 11.4 Å². The first-order chi connectivity index (χ1) is 12.7. The number of amides is 1. The normalized spacial score (nSPS) is 11.5. The van der Waals surface area contributed by atoms with E-state index in [0.29, 0.717) is 18.8 Å². The molecule has 0 aliphatic carbocycles. The molecule has 0 saturated carbocycles. The maximum Gasteiger partial charge on any atom is 0.255 e. The summed E-state index contributed by atoms with van der Waals surface area (Å²) in [4.78, 5) is 14.5. The average molecular weight is 410 g/mol. The van der Waals surface area contributed by atoms with E-state index in [9.17, 15) is 13.2 Å². The van der Waals surface area contributed by atoms with Gasteiger partial charge in [-0.15, -0.1) is 0 Å². The van der Waals surface area contributed by atoms with E-state index in [1.54, 1.807) is 19.9 Å². The van der Waals surface area contributed by atoms with Crippen LogP contribution in [0.25, 0.3) is 0 Å². The second-order valence-electron chi connectivity index (χ2n) is 6.10. The Hall–Kier alpha value is -2.09. The van der Waals surface area contributed by atoms with Gasteiger partial charge in [0.1, 0.15) is 4.90 Å². The van der Waals surface area contributed by atoms with Gasteiger partial charge in [0, 0.05) is 32.7 Å². The highest BCUT2D eigenvalue weighted by atomic mass is 35.5. The lowest BCUT2D eigenvalue weighted by Crippen LogP contribution is -2.31. The van der Waals surface area contributed by atoms with E-state index in [1.165, 1.54) is 22.5 Å². The minimum atomic E-state index is -3.77. The monoisotopic (exact) mass is 409 g/mol. The summed E-state index contributed by atoms with van der Waals surface area (Å²) in [5, 5.41) is 2.92. The number of halogens is 1. The van der Waals surface area contributed by atoms with Gasteiger partial charge in [0.25, 0.3) is 5.91 Å². The van der Waals surface area contributed by atoms with Crippen molar-refractivity contribution in [1.82, 2.24) is 4.31 Å². The molecule has 0 heterocycles. The van der Waals surface area contributed by atoms with Crippen LogP contribution in [0.1, 0.15) is 24.2 Å². The number of sulfonamides is 1. The first-order valence-corrected chi connectivity index (χ1v) is 10.4. The fourth-order valence-electron chi connectivity index (χ4n) is 2.71. The molecule has 1 N–H and O–H groups in total. The van der Waals surface area contributed by atoms with Crippen molar-refractivity contribution in [3.63, 3.8) is 0 Å². The van der Waals surface area contributed by atoms with E-state index in [4.69, 9.17) is 11.6 Å². The predicted octanol–water partition coefficient (Wildman–Crippen LogP) is 3.69. The summed E-state index contributed by atoms with van der Waals surface area (Å²) in [6, 6.07) is 11.6. The van der Waals surface area contributed by atoms with Crippen LogP contribution in [0.3, 0.4) is 0 Å². The minimum absolute atomic E-state index is 0.0681. The van der Waals surface area contributed by atoms with Crippen LogP contribution in [0.5, 0.6) is 0 Å². The maximum absolute atomic E-state index is 12.8. The van der Waals surface area contributed by atoms with Crippen LogP contribution in [-0.4, -0.2) is 45.8 Å². The summed E-state index contributed by atoms with van der Waals surface area (Å²) < 4.78 is 26.9. The van der Waals surface area contributed by atoms with E-state index >= 15 is 0 Å². The molecule has 2 aromatic carbocycles. The summed E-state index contributed by atoms with van der Waals surface area (Å²) in [7, 11) is -0.0151. The average Bonchev–Trinajstić information content (AvgIpc) is 2.62. The first kappa shape index (κ1) is 21.2. The fourth-order valence-corrected chi connectivity index (χ4v) is 4.67. The Morgan fingerprint density at radius 3 is 2.30 bits per heavy atom. The number of benzene rings is 2. The van der Waals surface area contributed by atoms with Gasteiger partial charge in [-0.1, -0.05) is 37.6 Å². The number of nitrogens with zero attached hydrogens (tertiary/aromatic N) is 2. The van der Waals surface area contributed by atoms with Crippen LogP contribution in [-0.2, 0) is 10.0 Å². The number of carbonyl (C=O) groups is 1. The van der Waals surface area contributed by atoms with E-state index in [1.807, 2.05) is 37.2 Å². The zero-order chi connectivity index (χ0) is 20.2. The summed E-state index contributed by atoms with van der Waals surface area (Å²) in [5.74, 6) is -0.406. The first-order valence-electron chi connectivity index (χ1n) is 8.59. The molecule has 0 bridgehead atoms. The molecule has 0 fully saturated rings. The Kier molecular flexibility index (Phi) is 6.86. The third-order valence-electron chi connectivity index (χ3n) is 4.15. The summed E-state index contributed by atoms with van der Waals surface area (Å²) in [5.41, 5.74) is 1.70.